The van der Waals surface area contributed by atoms with Crippen molar-refractivity contribution in [2.24, 2.45) is 0 Å². The molecule has 0 saturated heterocycles. The van der Waals surface area contributed by atoms with Crippen LogP contribution in [0.4, 0.5) is 23.3 Å². The van der Waals surface area contributed by atoms with Gasteiger partial charge in [0.25, 0.3) is 10.1 Å². The summed E-state index contributed by atoms with van der Waals surface area (Å²) < 4.78 is 30.8. The van der Waals surface area contributed by atoms with Gasteiger partial charge in [0, 0.05) is 6.07 Å². The largest absolute Gasteiger partial charge is 0.383 e. The van der Waals surface area contributed by atoms with Crippen LogP contribution in [0.1, 0.15) is 0 Å². The molecule has 1 heterocycles. The third-order valence-corrected chi connectivity index (χ3v) is 3.43. The van der Waals surface area contributed by atoms with Crippen LogP contribution in [0.15, 0.2) is 29.2 Å². The minimum Gasteiger partial charge on any atom is -0.383 e. The van der Waals surface area contributed by atoms with Gasteiger partial charge in [0.1, 0.15) is 11.6 Å². The zero-order chi connectivity index (χ0) is 14.9. The highest BCUT2D eigenvalue weighted by Gasteiger charge is 2.12. The van der Waals surface area contributed by atoms with E-state index in [1.807, 2.05) is 0 Å². The predicted molar refractivity (Wildman–Crippen MR) is 75.4 cm³/mol. The van der Waals surface area contributed by atoms with E-state index in [0.717, 1.165) is 6.07 Å². The molecule has 0 aliphatic rings. The van der Waals surface area contributed by atoms with Gasteiger partial charge in [-0.15, -0.1) is 0 Å². The molecule has 0 saturated carbocycles. The van der Waals surface area contributed by atoms with Crippen LogP contribution in [0, 0.1) is 0 Å². The number of halogens is 1. The third kappa shape index (κ3) is 3.26. The van der Waals surface area contributed by atoms with E-state index in [1.165, 1.54) is 18.2 Å². The summed E-state index contributed by atoms with van der Waals surface area (Å²) in [5.74, 6) is 0.459. The maximum absolute atomic E-state index is 11.0. The SMILES string of the molecule is Nc1cc(Nc2ccc(S(=O)(=O)O)cc2Cl)nc(N)n1. The van der Waals surface area contributed by atoms with Gasteiger partial charge < -0.3 is 16.8 Å². The van der Waals surface area contributed by atoms with Gasteiger partial charge in [0.2, 0.25) is 5.95 Å². The predicted octanol–water partition coefficient (Wildman–Crippen LogP) is 1.28. The zero-order valence-electron chi connectivity index (χ0n) is 9.91. The van der Waals surface area contributed by atoms with Gasteiger partial charge in [-0.1, -0.05) is 11.6 Å². The van der Waals surface area contributed by atoms with E-state index in [0.29, 0.717) is 11.5 Å². The van der Waals surface area contributed by atoms with Gasteiger partial charge in [0.15, 0.2) is 0 Å². The fraction of sp³-hybridized carbons (Fsp3) is 0. The van der Waals surface area contributed by atoms with Crippen molar-refractivity contribution < 1.29 is 13.0 Å². The van der Waals surface area contributed by atoms with E-state index in [4.69, 9.17) is 27.6 Å². The van der Waals surface area contributed by atoms with Crippen molar-refractivity contribution in [1.29, 1.82) is 0 Å². The van der Waals surface area contributed by atoms with E-state index in [1.54, 1.807) is 0 Å². The van der Waals surface area contributed by atoms with Crippen molar-refractivity contribution in [2.45, 2.75) is 4.90 Å². The van der Waals surface area contributed by atoms with Crippen LogP contribution in [0.5, 0.6) is 0 Å². The second kappa shape index (κ2) is 5.12. The van der Waals surface area contributed by atoms with Gasteiger partial charge in [-0.3, -0.25) is 4.55 Å². The standard InChI is InChI=1S/C10H10ClN5O3S/c11-6-3-5(20(17,18)19)1-2-7(6)14-9-4-8(12)15-10(13)16-9/h1-4H,(H,17,18,19)(H5,12,13,14,15,16). The molecule has 106 valence electrons. The Labute approximate surface area is 119 Å². The molecule has 8 nitrogen and oxygen atoms in total. The lowest BCUT2D eigenvalue weighted by Crippen LogP contribution is -2.03. The monoisotopic (exact) mass is 315 g/mol. The molecule has 0 radical (unpaired) electrons. The molecule has 10 heteroatoms. The second-order valence-corrected chi connectivity index (χ2v) is 5.61. The number of benzene rings is 1. The van der Waals surface area contributed by atoms with E-state index in [2.05, 4.69) is 15.3 Å². The van der Waals surface area contributed by atoms with Crippen LogP contribution >= 0.6 is 11.6 Å². The van der Waals surface area contributed by atoms with Gasteiger partial charge in [0.05, 0.1) is 15.6 Å². The molecule has 2 rings (SSSR count). The number of rotatable bonds is 3. The van der Waals surface area contributed by atoms with Gasteiger partial charge in [-0.25, -0.2) is 0 Å². The minimum absolute atomic E-state index is 0.0156. The number of aromatic nitrogens is 2. The first-order chi connectivity index (χ1) is 9.25. The van der Waals surface area contributed by atoms with Crippen LogP contribution in [0.3, 0.4) is 0 Å². The quantitative estimate of drug-likeness (QED) is 0.620. The van der Waals surface area contributed by atoms with Crippen molar-refractivity contribution in [2.75, 3.05) is 16.8 Å². The highest BCUT2D eigenvalue weighted by atomic mass is 35.5. The smallest absolute Gasteiger partial charge is 0.294 e. The van der Waals surface area contributed by atoms with E-state index in [9.17, 15) is 8.42 Å². The first-order valence-corrected chi connectivity index (χ1v) is 7.01. The topological polar surface area (TPSA) is 144 Å². The molecule has 0 fully saturated rings. The Hall–Kier alpha value is -2.10. The average Bonchev–Trinajstić information content (AvgIpc) is 2.29. The van der Waals surface area contributed by atoms with Crippen LogP contribution in [-0.2, 0) is 10.1 Å². The zero-order valence-corrected chi connectivity index (χ0v) is 11.5. The minimum atomic E-state index is -4.31. The first kappa shape index (κ1) is 14.3. The maximum Gasteiger partial charge on any atom is 0.294 e. The number of anilines is 4. The molecular formula is C10H10ClN5O3S. The summed E-state index contributed by atoms with van der Waals surface area (Å²) in [7, 11) is -4.31. The lowest BCUT2D eigenvalue weighted by molar-refractivity contribution is 0.483. The summed E-state index contributed by atoms with van der Waals surface area (Å²) >= 11 is 5.92. The molecule has 0 spiro atoms. The number of nitrogens with two attached hydrogens (primary N) is 2. The van der Waals surface area contributed by atoms with Gasteiger partial charge in [-0.2, -0.15) is 18.4 Å². The highest BCUT2D eigenvalue weighted by molar-refractivity contribution is 7.85. The molecule has 2 aromatic rings. The fourth-order valence-electron chi connectivity index (χ4n) is 1.44. The van der Waals surface area contributed by atoms with Crippen molar-refractivity contribution in [3.63, 3.8) is 0 Å². The number of nitrogen functional groups attached to an aromatic ring is 2. The molecular weight excluding hydrogens is 306 g/mol. The van der Waals surface area contributed by atoms with Crippen molar-refractivity contribution in [3.8, 4) is 0 Å². The molecule has 6 N–H and O–H groups in total. The molecule has 20 heavy (non-hydrogen) atoms. The Morgan fingerprint density at radius 1 is 1.20 bits per heavy atom. The third-order valence-electron chi connectivity index (χ3n) is 2.26. The van der Waals surface area contributed by atoms with Gasteiger partial charge >= 0.3 is 0 Å². The van der Waals surface area contributed by atoms with Crippen molar-refractivity contribution >= 4 is 45.0 Å². The Kier molecular flexibility index (Phi) is 3.66. The number of nitrogens with one attached hydrogen (secondary N) is 1. The summed E-state index contributed by atoms with van der Waals surface area (Å²) in [6.45, 7) is 0. The Balaban J connectivity index is 2.35. The Morgan fingerprint density at radius 3 is 2.45 bits per heavy atom. The Bertz CT molecular complexity index is 745. The summed E-state index contributed by atoms with van der Waals surface area (Å²) in [6.07, 6.45) is 0. The van der Waals surface area contributed by atoms with Crippen LogP contribution in [0.25, 0.3) is 0 Å². The van der Waals surface area contributed by atoms with E-state index in [-0.39, 0.29) is 21.7 Å². The summed E-state index contributed by atoms with van der Waals surface area (Å²) in [5.41, 5.74) is 11.3. The van der Waals surface area contributed by atoms with Crippen molar-refractivity contribution in [3.05, 3.63) is 29.3 Å². The molecule has 0 atom stereocenters. The van der Waals surface area contributed by atoms with Crippen LogP contribution in [0.2, 0.25) is 5.02 Å². The first-order valence-electron chi connectivity index (χ1n) is 5.20. The number of hydrogen-bond donors (Lipinski definition) is 4. The number of hydrogen-bond acceptors (Lipinski definition) is 7. The number of nitrogens with zero attached hydrogens (tertiary/aromatic N) is 2. The lowest BCUT2D eigenvalue weighted by Gasteiger charge is -2.09. The summed E-state index contributed by atoms with van der Waals surface area (Å²) in [6, 6.07) is 5.11. The summed E-state index contributed by atoms with van der Waals surface area (Å²) in [5, 5.41) is 2.89. The molecule has 0 amide bonds. The summed E-state index contributed by atoms with van der Waals surface area (Å²) in [4.78, 5) is 7.28. The fourth-order valence-corrected chi connectivity index (χ4v) is 2.24. The van der Waals surface area contributed by atoms with E-state index < -0.39 is 10.1 Å². The maximum atomic E-state index is 11.0. The van der Waals surface area contributed by atoms with Crippen LogP contribution in [-0.4, -0.2) is 22.9 Å². The second-order valence-electron chi connectivity index (χ2n) is 3.78. The lowest BCUT2D eigenvalue weighted by atomic mass is 10.3. The molecule has 0 bridgehead atoms. The molecule has 0 aliphatic carbocycles. The average molecular weight is 316 g/mol. The molecule has 1 aromatic heterocycles. The van der Waals surface area contributed by atoms with Crippen molar-refractivity contribution in [1.82, 2.24) is 9.97 Å². The molecule has 1 aromatic carbocycles. The molecule has 0 aliphatic heterocycles. The van der Waals surface area contributed by atoms with E-state index >= 15 is 0 Å². The normalized spacial score (nSPS) is 11.3. The van der Waals surface area contributed by atoms with Gasteiger partial charge in [-0.05, 0) is 18.2 Å². The highest BCUT2D eigenvalue weighted by Crippen LogP contribution is 2.27. The van der Waals surface area contributed by atoms with Crippen LogP contribution < -0.4 is 16.8 Å². The Morgan fingerprint density at radius 2 is 1.90 bits per heavy atom. The molecule has 0 unspecified atom stereocenters.